The minimum absolute atomic E-state index is 0.0543. The molecule has 2 fully saturated rings. The number of urea groups is 1. The summed E-state index contributed by atoms with van der Waals surface area (Å²) >= 11 is 0. The molecule has 2 heterocycles. The van der Waals surface area contributed by atoms with Crippen molar-refractivity contribution in [2.75, 3.05) is 25.2 Å². The van der Waals surface area contributed by atoms with Gasteiger partial charge in [-0.25, -0.2) is 4.79 Å². The second kappa shape index (κ2) is 5.29. The highest BCUT2D eigenvalue weighted by Gasteiger charge is 2.55. The van der Waals surface area contributed by atoms with Crippen molar-refractivity contribution in [1.29, 1.82) is 0 Å². The van der Waals surface area contributed by atoms with Gasteiger partial charge in [0.15, 0.2) is 11.5 Å². The largest absolute Gasteiger partial charge is 0.481 e. The second-order valence-electron chi connectivity index (χ2n) is 6.88. The molecule has 0 radical (unpaired) electrons. The van der Waals surface area contributed by atoms with Gasteiger partial charge in [0.1, 0.15) is 0 Å². The molecular formula is C17H20N2O5. The summed E-state index contributed by atoms with van der Waals surface area (Å²) in [6.45, 7) is 2.85. The zero-order valence-electron chi connectivity index (χ0n) is 13.5. The van der Waals surface area contributed by atoms with Crippen LogP contribution in [-0.2, 0) is 4.79 Å². The van der Waals surface area contributed by atoms with E-state index in [-0.39, 0.29) is 25.3 Å². The summed E-state index contributed by atoms with van der Waals surface area (Å²) in [5, 5.41) is 12.5. The van der Waals surface area contributed by atoms with Crippen LogP contribution in [-0.4, -0.2) is 41.9 Å². The van der Waals surface area contributed by atoms with Gasteiger partial charge in [-0.3, -0.25) is 4.79 Å². The van der Waals surface area contributed by atoms with E-state index >= 15 is 0 Å². The topological polar surface area (TPSA) is 88.1 Å². The first-order valence-electron chi connectivity index (χ1n) is 8.19. The molecule has 24 heavy (non-hydrogen) atoms. The molecule has 3 aliphatic rings. The van der Waals surface area contributed by atoms with Crippen molar-refractivity contribution >= 4 is 17.7 Å². The normalized spacial score (nSPS) is 27.2. The van der Waals surface area contributed by atoms with Gasteiger partial charge < -0.3 is 24.8 Å². The number of nitrogens with one attached hydrogen (secondary N) is 1. The van der Waals surface area contributed by atoms with Crippen molar-refractivity contribution in [2.24, 2.45) is 11.3 Å². The molecule has 1 aliphatic carbocycles. The van der Waals surface area contributed by atoms with E-state index in [0.717, 1.165) is 18.4 Å². The van der Waals surface area contributed by atoms with Crippen molar-refractivity contribution in [1.82, 2.24) is 4.90 Å². The van der Waals surface area contributed by atoms with E-state index in [1.54, 1.807) is 11.0 Å². The molecule has 0 bridgehead atoms. The summed E-state index contributed by atoms with van der Waals surface area (Å²) in [6.07, 6.45) is 2.45. The maximum Gasteiger partial charge on any atom is 0.321 e. The molecule has 2 N–H and O–H groups in total. The molecule has 7 nitrogen and oxygen atoms in total. The number of fused-ring (bicyclic) bond motifs is 2. The average Bonchev–Trinajstić information content (AvgIpc) is 3.20. The van der Waals surface area contributed by atoms with E-state index in [0.29, 0.717) is 30.2 Å². The van der Waals surface area contributed by atoms with Gasteiger partial charge in [0.05, 0.1) is 5.41 Å². The maximum atomic E-state index is 12.6. The third kappa shape index (κ3) is 2.18. The van der Waals surface area contributed by atoms with E-state index in [4.69, 9.17) is 9.47 Å². The molecule has 0 aromatic heterocycles. The molecule has 1 aromatic carbocycles. The molecule has 2 atom stereocenters. The minimum atomic E-state index is -0.778. The number of carbonyl (C=O) groups excluding carboxylic acids is 1. The van der Waals surface area contributed by atoms with Crippen LogP contribution in [0.5, 0.6) is 11.5 Å². The first-order valence-corrected chi connectivity index (χ1v) is 8.19. The van der Waals surface area contributed by atoms with Gasteiger partial charge >= 0.3 is 12.0 Å². The zero-order valence-corrected chi connectivity index (χ0v) is 13.5. The third-order valence-electron chi connectivity index (χ3n) is 5.55. The summed E-state index contributed by atoms with van der Waals surface area (Å²) in [5.74, 6) is 0.556. The second-order valence-corrected chi connectivity index (χ2v) is 6.88. The predicted molar refractivity (Wildman–Crippen MR) is 85.3 cm³/mol. The standard InChI is InChI=1S/C17H20N2O5/c1-10-5-13-14(24-9-23-13)6-12(10)18-16(22)19-7-11-3-2-4-17(11,8-19)15(20)21/h5-6,11H,2-4,7-9H2,1H3,(H,18,22)(H,20,21)/t11-,17+/m0/s1. The van der Waals surface area contributed by atoms with Crippen molar-refractivity contribution in [3.05, 3.63) is 17.7 Å². The lowest BCUT2D eigenvalue weighted by Gasteiger charge is -2.23. The fraction of sp³-hybridized carbons (Fsp3) is 0.529. The van der Waals surface area contributed by atoms with Gasteiger partial charge in [0, 0.05) is 24.8 Å². The SMILES string of the molecule is Cc1cc2c(cc1NC(=O)N1C[C@@H]3CCC[C@@]3(C(=O)O)C1)OCO2. The number of rotatable bonds is 2. The summed E-state index contributed by atoms with van der Waals surface area (Å²) in [5.41, 5.74) is 0.770. The van der Waals surface area contributed by atoms with Crippen LogP contribution in [0.15, 0.2) is 12.1 Å². The first kappa shape index (κ1) is 15.1. The lowest BCUT2D eigenvalue weighted by atomic mass is 9.81. The fourth-order valence-corrected chi connectivity index (χ4v) is 4.17. The molecule has 128 valence electrons. The molecule has 1 aromatic rings. The van der Waals surface area contributed by atoms with Crippen molar-refractivity contribution in [3.63, 3.8) is 0 Å². The van der Waals surface area contributed by atoms with Gasteiger partial charge in [-0.15, -0.1) is 0 Å². The van der Waals surface area contributed by atoms with E-state index in [1.165, 1.54) is 0 Å². The lowest BCUT2D eigenvalue weighted by molar-refractivity contribution is -0.149. The molecule has 0 unspecified atom stereocenters. The monoisotopic (exact) mass is 332 g/mol. The Morgan fingerprint density at radius 1 is 1.33 bits per heavy atom. The molecule has 4 rings (SSSR count). The number of carbonyl (C=O) groups is 2. The fourth-order valence-electron chi connectivity index (χ4n) is 4.17. The molecule has 1 saturated heterocycles. The number of hydrogen-bond donors (Lipinski definition) is 2. The number of carboxylic acid groups (broad SMARTS) is 1. The summed E-state index contributed by atoms with van der Waals surface area (Å²) in [7, 11) is 0. The number of ether oxygens (including phenoxy) is 2. The Morgan fingerprint density at radius 2 is 2.08 bits per heavy atom. The number of hydrogen-bond acceptors (Lipinski definition) is 4. The van der Waals surface area contributed by atoms with Gasteiger partial charge in [0.25, 0.3) is 0 Å². The number of benzene rings is 1. The highest BCUT2D eigenvalue weighted by molar-refractivity contribution is 5.92. The minimum Gasteiger partial charge on any atom is -0.481 e. The van der Waals surface area contributed by atoms with Crippen molar-refractivity contribution < 1.29 is 24.2 Å². The van der Waals surface area contributed by atoms with Gasteiger partial charge in [-0.2, -0.15) is 0 Å². The number of likely N-dealkylation sites (tertiary alicyclic amines) is 1. The highest BCUT2D eigenvalue weighted by atomic mass is 16.7. The Labute approximate surface area is 139 Å². The predicted octanol–water partition coefficient (Wildman–Crippen LogP) is 2.44. The Kier molecular flexibility index (Phi) is 3.33. The summed E-state index contributed by atoms with van der Waals surface area (Å²) < 4.78 is 10.7. The Bertz CT molecular complexity index is 719. The Balaban J connectivity index is 1.51. The zero-order chi connectivity index (χ0) is 16.9. The van der Waals surface area contributed by atoms with Crippen molar-refractivity contribution in [2.45, 2.75) is 26.2 Å². The average molecular weight is 332 g/mol. The first-order chi connectivity index (χ1) is 11.5. The quantitative estimate of drug-likeness (QED) is 0.868. The number of aryl methyl sites for hydroxylation is 1. The van der Waals surface area contributed by atoms with Crippen LogP contribution >= 0.6 is 0 Å². The van der Waals surface area contributed by atoms with Crippen LogP contribution in [0.4, 0.5) is 10.5 Å². The van der Waals surface area contributed by atoms with Crippen LogP contribution in [0.25, 0.3) is 0 Å². The maximum absolute atomic E-state index is 12.6. The number of carboxylic acids is 1. The van der Waals surface area contributed by atoms with Crippen LogP contribution in [0, 0.1) is 18.3 Å². The number of aliphatic carboxylic acids is 1. The molecule has 7 heteroatoms. The smallest absolute Gasteiger partial charge is 0.321 e. The molecule has 0 spiro atoms. The van der Waals surface area contributed by atoms with Gasteiger partial charge in [-0.1, -0.05) is 6.42 Å². The lowest BCUT2D eigenvalue weighted by Crippen LogP contribution is -2.38. The highest BCUT2D eigenvalue weighted by Crippen LogP contribution is 2.49. The van der Waals surface area contributed by atoms with Gasteiger partial charge in [-0.05, 0) is 37.3 Å². The van der Waals surface area contributed by atoms with E-state index in [2.05, 4.69) is 5.32 Å². The molecule has 1 saturated carbocycles. The summed E-state index contributed by atoms with van der Waals surface area (Å²) in [4.78, 5) is 26.0. The number of amides is 2. The third-order valence-corrected chi connectivity index (χ3v) is 5.55. The van der Waals surface area contributed by atoms with E-state index < -0.39 is 11.4 Å². The Morgan fingerprint density at radius 3 is 2.79 bits per heavy atom. The Hall–Kier alpha value is -2.44. The van der Waals surface area contributed by atoms with E-state index in [1.807, 2.05) is 13.0 Å². The summed E-state index contributed by atoms with van der Waals surface area (Å²) in [6, 6.07) is 3.32. The number of nitrogens with zero attached hydrogens (tertiary/aromatic N) is 1. The van der Waals surface area contributed by atoms with Crippen LogP contribution in [0.1, 0.15) is 24.8 Å². The van der Waals surface area contributed by atoms with Crippen LogP contribution in [0.2, 0.25) is 0 Å². The number of anilines is 1. The van der Waals surface area contributed by atoms with Crippen LogP contribution < -0.4 is 14.8 Å². The molecular weight excluding hydrogens is 312 g/mol. The van der Waals surface area contributed by atoms with E-state index in [9.17, 15) is 14.7 Å². The van der Waals surface area contributed by atoms with Crippen LogP contribution in [0.3, 0.4) is 0 Å². The molecule has 2 aliphatic heterocycles. The molecule has 2 amide bonds. The van der Waals surface area contributed by atoms with Gasteiger partial charge in [0.2, 0.25) is 6.79 Å². The van der Waals surface area contributed by atoms with Crippen molar-refractivity contribution in [3.8, 4) is 11.5 Å².